The summed E-state index contributed by atoms with van der Waals surface area (Å²) in [4.78, 5) is 17.4. The number of nitrogens with one attached hydrogen (secondary N) is 1. The van der Waals surface area contributed by atoms with Crippen molar-refractivity contribution in [1.29, 1.82) is 10.5 Å². The summed E-state index contributed by atoms with van der Waals surface area (Å²) in [5.74, 6) is 0.962. The third-order valence-corrected chi connectivity index (χ3v) is 5.76. The number of thioether (sulfide) groups is 1. The minimum atomic E-state index is -0.0853. The molecule has 138 valence electrons. The molecule has 1 aromatic heterocycles. The van der Waals surface area contributed by atoms with Crippen LogP contribution in [0.25, 0.3) is 0 Å². The first kappa shape index (κ1) is 19.6. The van der Waals surface area contributed by atoms with Crippen LogP contribution >= 0.6 is 23.1 Å². The van der Waals surface area contributed by atoms with E-state index < -0.39 is 0 Å². The van der Waals surface area contributed by atoms with Crippen molar-refractivity contribution >= 4 is 34.1 Å². The van der Waals surface area contributed by atoms with Crippen molar-refractivity contribution in [2.24, 2.45) is 0 Å². The second-order valence-electron chi connectivity index (χ2n) is 5.97. The number of nitriles is 2. The normalized spacial score (nSPS) is 10.1. The zero-order valence-electron chi connectivity index (χ0n) is 14.9. The van der Waals surface area contributed by atoms with Crippen molar-refractivity contribution in [3.8, 4) is 12.1 Å². The monoisotopic (exact) mass is 404 g/mol. The van der Waals surface area contributed by atoms with E-state index >= 15 is 0 Å². The Labute approximate surface area is 171 Å². The zero-order chi connectivity index (χ0) is 19.8. The van der Waals surface area contributed by atoms with Gasteiger partial charge in [-0.3, -0.25) is 4.79 Å². The summed E-state index contributed by atoms with van der Waals surface area (Å²) < 4.78 is 0. The van der Waals surface area contributed by atoms with Gasteiger partial charge in [-0.15, -0.1) is 23.1 Å². The third-order valence-electron chi connectivity index (χ3n) is 3.85. The fourth-order valence-electron chi connectivity index (χ4n) is 2.44. The van der Waals surface area contributed by atoms with Crippen molar-refractivity contribution in [1.82, 2.24) is 4.98 Å². The van der Waals surface area contributed by atoms with Gasteiger partial charge in [0, 0.05) is 23.2 Å². The first-order valence-electron chi connectivity index (χ1n) is 8.46. The Bertz CT molecular complexity index is 1030. The first-order valence-corrected chi connectivity index (χ1v) is 10.4. The van der Waals surface area contributed by atoms with Gasteiger partial charge in [-0.25, -0.2) is 4.98 Å². The summed E-state index contributed by atoms with van der Waals surface area (Å²) in [6.45, 7) is 0. The Morgan fingerprint density at radius 1 is 1.00 bits per heavy atom. The Balaban J connectivity index is 1.45. The van der Waals surface area contributed by atoms with Crippen LogP contribution in [0, 0.1) is 22.7 Å². The highest BCUT2D eigenvalue weighted by Gasteiger charge is 2.08. The maximum atomic E-state index is 12.1. The van der Waals surface area contributed by atoms with E-state index in [1.54, 1.807) is 30.5 Å². The fraction of sp³-hybridized carbons (Fsp3) is 0.143. The molecule has 3 rings (SSSR count). The quantitative estimate of drug-likeness (QED) is 0.632. The molecule has 0 atom stereocenters. The van der Waals surface area contributed by atoms with E-state index in [1.807, 2.05) is 24.3 Å². The highest BCUT2D eigenvalue weighted by atomic mass is 32.2. The molecule has 0 unspecified atom stereocenters. The van der Waals surface area contributed by atoms with Crippen molar-refractivity contribution in [2.75, 3.05) is 11.1 Å². The van der Waals surface area contributed by atoms with Gasteiger partial charge < -0.3 is 5.32 Å². The van der Waals surface area contributed by atoms with E-state index in [9.17, 15) is 4.79 Å². The maximum absolute atomic E-state index is 12.1. The predicted molar refractivity (Wildman–Crippen MR) is 112 cm³/mol. The van der Waals surface area contributed by atoms with Crippen LogP contribution in [-0.2, 0) is 17.0 Å². The van der Waals surface area contributed by atoms with Gasteiger partial charge in [0.15, 0.2) is 5.13 Å². The molecule has 0 aliphatic heterocycles. The lowest BCUT2D eigenvalue weighted by atomic mass is 10.1. The van der Waals surface area contributed by atoms with Gasteiger partial charge in [0.25, 0.3) is 0 Å². The summed E-state index contributed by atoms with van der Waals surface area (Å²) in [6.07, 6.45) is 2.48. The van der Waals surface area contributed by atoms with Crippen molar-refractivity contribution in [2.45, 2.75) is 12.2 Å². The van der Waals surface area contributed by atoms with Crippen LogP contribution in [0.3, 0.4) is 0 Å². The Kier molecular flexibility index (Phi) is 6.80. The molecule has 0 fully saturated rings. The summed E-state index contributed by atoms with van der Waals surface area (Å²) in [7, 11) is 0. The topological polar surface area (TPSA) is 89.6 Å². The number of hydrogen-bond donors (Lipinski definition) is 1. The third kappa shape index (κ3) is 5.68. The molecule has 0 saturated heterocycles. The number of aromatic nitrogens is 1. The highest BCUT2D eigenvalue weighted by Crippen LogP contribution is 2.22. The van der Waals surface area contributed by atoms with Gasteiger partial charge in [0.1, 0.15) is 0 Å². The van der Waals surface area contributed by atoms with Gasteiger partial charge in [-0.05, 0) is 35.4 Å². The lowest BCUT2D eigenvalue weighted by molar-refractivity contribution is -0.113. The second kappa shape index (κ2) is 9.70. The summed E-state index contributed by atoms with van der Waals surface area (Å²) in [5, 5.41) is 21.1. The van der Waals surface area contributed by atoms with Crippen molar-refractivity contribution in [3.63, 3.8) is 0 Å². The van der Waals surface area contributed by atoms with E-state index in [1.165, 1.54) is 23.1 Å². The van der Waals surface area contributed by atoms with Crippen LogP contribution in [0.2, 0.25) is 0 Å². The molecule has 3 aromatic rings. The van der Waals surface area contributed by atoms with Gasteiger partial charge in [0.2, 0.25) is 5.91 Å². The second-order valence-corrected chi connectivity index (χ2v) is 8.07. The van der Waals surface area contributed by atoms with E-state index in [-0.39, 0.29) is 5.91 Å². The molecule has 5 nitrogen and oxygen atoms in total. The van der Waals surface area contributed by atoms with E-state index in [0.717, 1.165) is 16.0 Å². The smallest absolute Gasteiger partial charge is 0.236 e. The van der Waals surface area contributed by atoms with Crippen LogP contribution in [0.4, 0.5) is 5.13 Å². The molecular weight excluding hydrogens is 388 g/mol. The molecular formula is C21H16N4OS2. The highest BCUT2D eigenvalue weighted by molar-refractivity contribution is 7.99. The molecule has 0 radical (unpaired) electrons. The van der Waals surface area contributed by atoms with Crippen LogP contribution in [0.15, 0.2) is 54.7 Å². The summed E-state index contributed by atoms with van der Waals surface area (Å²) in [5.41, 5.74) is 3.45. The van der Waals surface area contributed by atoms with E-state index in [2.05, 4.69) is 22.4 Å². The summed E-state index contributed by atoms with van der Waals surface area (Å²) in [6, 6.07) is 19.0. The minimum Gasteiger partial charge on any atom is -0.301 e. The largest absolute Gasteiger partial charge is 0.301 e. The standard InChI is InChI=1S/C21H16N4OS2/c22-10-16-3-1-15(2-4-16)9-19-12-24-21(28-19)25-20(26)14-27-13-18-7-5-17(11-23)6-8-18/h1-8,12H,9,13-14H2,(H,24,25,26). The van der Waals surface area contributed by atoms with Crippen LogP contribution in [0.1, 0.15) is 27.1 Å². The molecule has 7 heteroatoms. The Hall–Kier alpha value is -3.13. The van der Waals surface area contributed by atoms with Gasteiger partial charge in [-0.1, -0.05) is 24.3 Å². The fourth-order valence-corrected chi connectivity index (χ4v) is 4.09. The zero-order valence-corrected chi connectivity index (χ0v) is 16.5. The number of amides is 1. The number of nitrogens with zero attached hydrogens (tertiary/aromatic N) is 3. The lowest BCUT2D eigenvalue weighted by Crippen LogP contribution is -2.13. The van der Waals surface area contributed by atoms with Gasteiger partial charge in [-0.2, -0.15) is 10.5 Å². The van der Waals surface area contributed by atoms with Crippen LogP contribution in [-0.4, -0.2) is 16.6 Å². The molecule has 1 amide bonds. The molecule has 0 aliphatic carbocycles. The number of rotatable bonds is 7. The molecule has 0 bridgehead atoms. The average molecular weight is 405 g/mol. The van der Waals surface area contributed by atoms with Crippen molar-refractivity contribution < 1.29 is 4.79 Å². The number of carbonyl (C=O) groups excluding carboxylic acids is 1. The van der Waals surface area contributed by atoms with Crippen molar-refractivity contribution in [3.05, 3.63) is 81.9 Å². The Morgan fingerprint density at radius 3 is 2.21 bits per heavy atom. The van der Waals surface area contributed by atoms with Gasteiger partial charge >= 0.3 is 0 Å². The minimum absolute atomic E-state index is 0.0853. The first-order chi connectivity index (χ1) is 13.7. The maximum Gasteiger partial charge on any atom is 0.236 e. The predicted octanol–water partition coefficient (Wildman–Crippen LogP) is 4.35. The lowest BCUT2D eigenvalue weighted by Gasteiger charge is -2.03. The Morgan fingerprint density at radius 2 is 1.61 bits per heavy atom. The molecule has 28 heavy (non-hydrogen) atoms. The molecule has 1 N–H and O–H groups in total. The SMILES string of the molecule is N#Cc1ccc(CSCC(=O)Nc2ncc(Cc3ccc(C#N)cc3)s2)cc1. The molecule has 1 heterocycles. The number of carbonyl (C=O) groups is 1. The van der Waals surface area contributed by atoms with Crippen LogP contribution < -0.4 is 5.32 Å². The van der Waals surface area contributed by atoms with Gasteiger partial charge in [0.05, 0.1) is 29.0 Å². The molecule has 2 aromatic carbocycles. The number of hydrogen-bond acceptors (Lipinski definition) is 6. The van der Waals surface area contributed by atoms with E-state index in [0.29, 0.717) is 34.2 Å². The molecule has 0 spiro atoms. The average Bonchev–Trinajstić information content (AvgIpc) is 3.15. The number of anilines is 1. The van der Waals surface area contributed by atoms with Crippen LogP contribution in [0.5, 0.6) is 0 Å². The summed E-state index contributed by atoms with van der Waals surface area (Å²) >= 11 is 2.97. The van der Waals surface area contributed by atoms with E-state index in [4.69, 9.17) is 10.5 Å². The number of thiazole rings is 1. The molecule has 0 aliphatic rings. The molecule has 0 saturated carbocycles. The number of benzene rings is 2.